The van der Waals surface area contributed by atoms with Crippen LogP contribution in [0.5, 0.6) is 0 Å². The first-order chi connectivity index (χ1) is 11.7. The number of ether oxygens (including phenoxy) is 1. The summed E-state index contributed by atoms with van der Waals surface area (Å²) >= 11 is 0. The van der Waals surface area contributed by atoms with E-state index in [1.54, 1.807) is 6.92 Å². The molecule has 0 bridgehead atoms. The predicted molar refractivity (Wildman–Crippen MR) is 93.7 cm³/mol. The monoisotopic (exact) mass is 343 g/mol. The van der Waals surface area contributed by atoms with Crippen molar-refractivity contribution in [2.24, 2.45) is 5.41 Å². The molecule has 0 saturated heterocycles. The lowest BCUT2D eigenvalue weighted by molar-refractivity contribution is -0.138. The molecule has 0 aromatic carbocycles. The van der Waals surface area contributed by atoms with Crippen LogP contribution in [0, 0.1) is 12.3 Å². The third-order valence-corrected chi connectivity index (χ3v) is 4.78. The summed E-state index contributed by atoms with van der Waals surface area (Å²) in [5, 5.41) is 3.30. The second-order valence-electron chi connectivity index (χ2n) is 7.60. The maximum atomic E-state index is 13.0. The molecule has 1 aliphatic heterocycles. The van der Waals surface area contributed by atoms with E-state index in [0.717, 1.165) is 23.6 Å². The van der Waals surface area contributed by atoms with Crippen molar-refractivity contribution in [3.63, 3.8) is 0 Å². The highest BCUT2D eigenvalue weighted by Crippen LogP contribution is 2.47. The topological polar surface area (TPSA) is 68.5 Å². The first kappa shape index (κ1) is 17.5. The number of aryl methyl sites for hydroxylation is 1. The quantitative estimate of drug-likeness (QED) is 0.847. The van der Waals surface area contributed by atoms with Crippen LogP contribution in [0.1, 0.15) is 58.0 Å². The molecule has 1 atom stereocenters. The molecule has 0 unspecified atom stereocenters. The van der Waals surface area contributed by atoms with E-state index in [2.05, 4.69) is 19.2 Å². The molecule has 1 aromatic rings. The van der Waals surface area contributed by atoms with E-state index in [1.807, 2.05) is 26.0 Å². The number of dihydropyridines is 1. The second-order valence-corrected chi connectivity index (χ2v) is 7.60. The summed E-state index contributed by atoms with van der Waals surface area (Å²) in [5.74, 6) is 0.512. The summed E-state index contributed by atoms with van der Waals surface area (Å²) in [6, 6.07) is 3.70. The zero-order valence-corrected chi connectivity index (χ0v) is 15.5. The number of furan rings is 1. The highest BCUT2D eigenvalue weighted by molar-refractivity contribution is 6.04. The largest absolute Gasteiger partial charge is 0.465 e. The molecule has 25 heavy (non-hydrogen) atoms. The van der Waals surface area contributed by atoms with Gasteiger partial charge in [0.15, 0.2) is 5.78 Å². The molecule has 0 radical (unpaired) electrons. The molecule has 1 aliphatic carbocycles. The fourth-order valence-electron chi connectivity index (χ4n) is 3.81. The Balaban J connectivity index is 2.15. The lowest BCUT2D eigenvalue weighted by atomic mass is 9.69. The molecule has 0 saturated carbocycles. The summed E-state index contributed by atoms with van der Waals surface area (Å²) in [6.45, 7) is 9.93. The number of rotatable bonds is 3. The molecule has 0 amide bonds. The number of carbonyl (C=O) groups excluding carboxylic acids is 2. The van der Waals surface area contributed by atoms with Crippen LogP contribution in [0.3, 0.4) is 0 Å². The summed E-state index contributed by atoms with van der Waals surface area (Å²) in [6.07, 6.45) is 1.22. The molecule has 5 nitrogen and oxygen atoms in total. The lowest BCUT2D eigenvalue weighted by Crippen LogP contribution is -2.38. The van der Waals surface area contributed by atoms with Crippen LogP contribution >= 0.6 is 0 Å². The van der Waals surface area contributed by atoms with E-state index in [9.17, 15) is 9.59 Å². The van der Waals surface area contributed by atoms with Crippen molar-refractivity contribution in [1.82, 2.24) is 5.32 Å². The molecule has 1 aromatic heterocycles. The molecule has 134 valence electrons. The maximum absolute atomic E-state index is 13.0. The standard InChI is InChI=1S/C20H25NO4/c1-6-24-19(23)16-12(3)21-13-9-20(4,5)10-14(22)17(13)18(16)15-8-7-11(2)25-15/h7-8,18,21H,6,9-10H2,1-5H3/t18-/m0/s1. The van der Waals surface area contributed by atoms with Gasteiger partial charge in [0.1, 0.15) is 11.5 Å². The van der Waals surface area contributed by atoms with E-state index in [1.165, 1.54) is 0 Å². The molecular weight excluding hydrogens is 318 g/mol. The molecule has 0 fully saturated rings. The Labute approximate surface area is 148 Å². The molecule has 5 heteroatoms. The van der Waals surface area contributed by atoms with Gasteiger partial charge in [-0.25, -0.2) is 4.79 Å². The van der Waals surface area contributed by atoms with Crippen LogP contribution in [-0.2, 0) is 14.3 Å². The van der Waals surface area contributed by atoms with Crippen molar-refractivity contribution < 1.29 is 18.7 Å². The van der Waals surface area contributed by atoms with Crippen LogP contribution in [0.25, 0.3) is 0 Å². The number of nitrogens with one attached hydrogen (secondary N) is 1. The van der Waals surface area contributed by atoms with E-state index >= 15 is 0 Å². The van der Waals surface area contributed by atoms with Crippen molar-refractivity contribution >= 4 is 11.8 Å². The first-order valence-electron chi connectivity index (χ1n) is 8.71. The maximum Gasteiger partial charge on any atom is 0.336 e. The van der Waals surface area contributed by atoms with E-state index in [-0.39, 0.29) is 17.8 Å². The number of allylic oxidation sites excluding steroid dienone is 3. The van der Waals surface area contributed by atoms with Crippen LogP contribution in [0.4, 0.5) is 0 Å². The van der Waals surface area contributed by atoms with Crippen LogP contribution in [0.15, 0.2) is 39.1 Å². The zero-order valence-electron chi connectivity index (χ0n) is 15.5. The predicted octanol–water partition coefficient (Wildman–Crippen LogP) is 3.76. The number of Topliss-reactive ketones (excluding diaryl/α,β-unsaturated/α-hetero) is 1. The Kier molecular flexibility index (Phi) is 4.35. The van der Waals surface area contributed by atoms with Crippen molar-refractivity contribution in [2.75, 3.05) is 6.61 Å². The molecule has 2 aliphatic rings. The minimum Gasteiger partial charge on any atom is -0.465 e. The van der Waals surface area contributed by atoms with Gasteiger partial charge in [0, 0.05) is 23.4 Å². The van der Waals surface area contributed by atoms with Gasteiger partial charge < -0.3 is 14.5 Å². The Morgan fingerprint density at radius 2 is 2.04 bits per heavy atom. The summed E-state index contributed by atoms with van der Waals surface area (Å²) in [7, 11) is 0. The van der Waals surface area contributed by atoms with Gasteiger partial charge in [0.2, 0.25) is 0 Å². The van der Waals surface area contributed by atoms with Crippen LogP contribution in [0.2, 0.25) is 0 Å². The molecule has 1 N–H and O–H groups in total. The van der Waals surface area contributed by atoms with Crippen LogP contribution < -0.4 is 5.32 Å². The average Bonchev–Trinajstić information content (AvgIpc) is 2.90. The smallest absolute Gasteiger partial charge is 0.336 e. The third kappa shape index (κ3) is 3.15. The van der Waals surface area contributed by atoms with Crippen LogP contribution in [-0.4, -0.2) is 18.4 Å². The first-order valence-corrected chi connectivity index (χ1v) is 8.71. The zero-order chi connectivity index (χ0) is 18.4. The molecule has 2 heterocycles. The Morgan fingerprint density at radius 1 is 1.32 bits per heavy atom. The van der Waals surface area contributed by atoms with Crippen molar-refractivity contribution in [3.8, 4) is 0 Å². The van der Waals surface area contributed by atoms with Crippen molar-refractivity contribution in [1.29, 1.82) is 0 Å². The third-order valence-electron chi connectivity index (χ3n) is 4.78. The van der Waals surface area contributed by atoms with Gasteiger partial charge in [0.25, 0.3) is 0 Å². The van der Waals surface area contributed by atoms with Crippen molar-refractivity contribution in [3.05, 3.63) is 46.2 Å². The molecule has 3 rings (SSSR count). The number of esters is 1. The summed E-state index contributed by atoms with van der Waals surface area (Å²) in [4.78, 5) is 25.6. The van der Waals surface area contributed by atoms with E-state index in [0.29, 0.717) is 23.3 Å². The highest BCUT2D eigenvalue weighted by Gasteiger charge is 2.44. The van der Waals surface area contributed by atoms with Gasteiger partial charge in [-0.05, 0) is 44.7 Å². The summed E-state index contributed by atoms with van der Waals surface area (Å²) in [5.41, 5.74) is 2.62. The Bertz CT molecular complexity index is 794. The number of ketones is 1. The van der Waals surface area contributed by atoms with Gasteiger partial charge in [-0.15, -0.1) is 0 Å². The number of hydrogen-bond acceptors (Lipinski definition) is 5. The van der Waals surface area contributed by atoms with Crippen molar-refractivity contribution in [2.45, 2.75) is 53.4 Å². The fraction of sp³-hybridized carbons (Fsp3) is 0.500. The molecular formula is C20H25NO4. The number of carbonyl (C=O) groups is 2. The van der Waals surface area contributed by atoms with Gasteiger partial charge in [-0.3, -0.25) is 4.79 Å². The van der Waals surface area contributed by atoms with Gasteiger partial charge in [-0.2, -0.15) is 0 Å². The van der Waals surface area contributed by atoms with E-state index < -0.39 is 11.9 Å². The van der Waals surface area contributed by atoms with Gasteiger partial charge in [0.05, 0.1) is 18.1 Å². The van der Waals surface area contributed by atoms with E-state index in [4.69, 9.17) is 9.15 Å². The SMILES string of the molecule is CCOC(=O)C1=C(C)NC2=C(C(=O)CC(C)(C)C2)[C@H]1c1ccc(C)o1. The van der Waals surface area contributed by atoms with Gasteiger partial charge >= 0.3 is 5.97 Å². The second kappa shape index (κ2) is 6.21. The highest BCUT2D eigenvalue weighted by atomic mass is 16.5. The normalized spacial score (nSPS) is 22.6. The minimum absolute atomic E-state index is 0.0621. The minimum atomic E-state index is -0.507. The van der Waals surface area contributed by atoms with Gasteiger partial charge in [-0.1, -0.05) is 13.8 Å². The lowest BCUT2D eigenvalue weighted by Gasteiger charge is -2.38. The Morgan fingerprint density at radius 3 is 2.64 bits per heavy atom. The molecule has 0 spiro atoms. The summed E-state index contributed by atoms with van der Waals surface area (Å²) < 4.78 is 11.1. The number of hydrogen-bond donors (Lipinski definition) is 1. The Hall–Kier alpha value is -2.30. The fourth-order valence-corrected chi connectivity index (χ4v) is 3.81. The average molecular weight is 343 g/mol.